The first kappa shape index (κ1) is 10.2. The van der Waals surface area contributed by atoms with Gasteiger partial charge in [0, 0.05) is 5.39 Å². The summed E-state index contributed by atoms with van der Waals surface area (Å²) < 4.78 is 37.7. The number of hydrogen-bond acceptors (Lipinski definition) is 1. The Kier molecular flexibility index (Phi) is 2.31. The molecular formula is C10H5ClF3N. The van der Waals surface area contributed by atoms with E-state index in [1.54, 1.807) is 6.07 Å². The van der Waals surface area contributed by atoms with Gasteiger partial charge in [0.1, 0.15) is 5.15 Å². The van der Waals surface area contributed by atoms with Crippen LogP contribution in [0.4, 0.5) is 13.2 Å². The number of aromatic nitrogens is 1. The van der Waals surface area contributed by atoms with Crippen molar-refractivity contribution >= 4 is 22.5 Å². The first-order valence-electron chi connectivity index (χ1n) is 4.11. The van der Waals surface area contributed by atoms with Crippen LogP contribution < -0.4 is 0 Å². The van der Waals surface area contributed by atoms with Crippen molar-refractivity contribution in [3.8, 4) is 0 Å². The van der Waals surface area contributed by atoms with E-state index in [1.807, 2.05) is 0 Å². The monoisotopic (exact) mass is 231 g/mol. The molecule has 2 aromatic rings. The van der Waals surface area contributed by atoms with Gasteiger partial charge in [-0.2, -0.15) is 13.2 Å². The summed E-state index contributed by atoms with van der Waals surface area (Å²) in [6.07, 6.45) is -4.41. The van der Waals surface area contributed by atoms with Crippen LogP contribution in [0.1, 0.15) is 5.56 Å². The molecule has 0 amide bonds. The third-order valence-electron chi connectivity index (χ3n) is 1.99. The van der Waals surface area contributed by atoms with E-state index in [0.717, 1.165) is 6.07 Å². The second-order valence-corrected chi connectivity index (χ2v) is 3.40. The number of benzene rings is 1. The summed E-state index contributed by atoms with van der Waals surface area (Å²) in [4.78, 5) is 3.69. The highest BCUT2D eigenvalue weighted by Crippen LogP contribution is 2.34. The van der Waals surface area contributed by atoms with E-state index in [1.165, 1.54) is 18.2 Å². The number of hydrogen-bond donors (Lipinski definition) is 0. The van der Waals surface area contributed by atoms with Crippen molar-refractivity contribution in [3.63, 3.8) is 0 Å². The molecule has 1 nitrogen and oxygen atoms in total. The smallest absolute Gasteiger partial charge is 0.235 e. The summed E-state index contributed by atoms with van der Waals surface area (Å²) in [6.45, 7) is 0. The molecule has 1 heterocycles. The molecule has 0 aliphatic heterocycles. The van der Waals surface area contributed by atoms with Crippen LogP contribution in [0.3, 0.4) is 0 Å². The highest BCUT2D eigenvalue weighted by Gasteiger charge is 2.33. The van der Waals surface area contributed by atoms with Gasteiger partial charge in [0.05, 0.1) is 11.1 Å². The zero-order valence-electron chi connectivity index (χ0n) is 7.35. The van der Waals surface area contributed by atoms with Crippen LogP contribution >= 0.6 is 11.6 Å². The van der Waals surface area contributed by atoms with Gasteiger partial charge in [-0.05, 0) is 18.2 Å². The van der Waals surface area contributed by atoms with Crippen LogP contribution in [-0.2, 0) is 6.18 Å². The lowest BCUT2D eigenvalue weighted by molar-refractivity contribution is -0.136. The second kappa shape index (κ2) is 3.38. The SMILES string of the molecule is FC(F)(F)c1cccc2ccc(Cl)nc12. The summed E-state index contributed by atoms with van der Waals surface area (Å²) in [7, 11) is 0. The first-order chi connectivity index (χ1) is 6.98. The third kappa shape index (κ3) is 1.90. The van der Waals surface area contributed by atoms with Crippen molar-refractivity contribution in [2.45, 2.75) is 6.18 Å². The van der Waals surface area contributed by atoms with Crippen molar-refractivity contribution in [1.29, 1.82) is 0 Å². The number of rotatable bonds is 0. The lowest BCUT2D eigenvalue weighted by Gasteiger charge is -2.09. The largest absolute Gasteiger partial charge is 0.418 e. The van der Waals surface area contributed by atoms with E-state index in [2.05, 4.69) is 4.98 Å². The molecule has 2 rings (SSSR count). The van der Waals surface area contributed by atoms with Gasteiger partial charge in [0.2, 0.25) is 0 Å². The van der Waals surface area contributed by atoms with Gasteiger partial charge < -0.3 is 0 Å². The van der Waals surface area contributed by atoms with E-state index in [4.69, 9.17) is 11.6 Å². The molecule has 0 N–H and O–H groups in total. The predicted molar refractivity (Wildman–Crippen MR) is 51.8 cm³/mol. The maximum absolute atomic E-state index is 12.6. The van der Waals surface area contributed by atoms with E-state index < -0.39 is 11.7 Å². The van der Waals surface area contributed by atoms with Crippen LogP contribution in [0.2, 0.25) is 5.15 Å². The van der Waals surface area contributed by atoms with Gasteiger partial charge in [-0.1, -0.05) is 23.7 Å². The van der Waals surface area contributed by atoms with E-state index in [-0.39, 0.29) is 10.7 Å². The summed E-state index contributed by atoms with van der Waals surface area (Å²) in [5.41, 5.74) is -0.875. The quantitative estimate of drug-likeness (QED) is 0.627. The summed E-state index contributed by atoms with van der Waals surface area (Å²) in [5, 5.41) is 0.480. The van der Waals surface area contributed by atoms with Crippen LogP contribution in [0, 0.1) is 0 Å². The average molecular weight is 232 g/mol. The number of nitrogens with zero attached hydrogens (tertiary/aromatic N) is 1. The Morgan fingerprint density at radius 3 is 2.47 bits per heavy atom. The Labute approximate surface area is 88.5 Å². The molecule has 78 valence electrons. The average Bonchev–Trinajstić information content (AvgIpc) is 2.15. The minimum absolute atomic E-state index is 0.0548. The number of pyridine rings is 1. The molecule has 15 heavy (non-hydrogen) atoms. The minimum Gasteiger partial charge on any atom is -0.235 e. The summed E-state index contributed by atoms with van der Waals surface area (Å²) >= 11 is 5.56. The zero-order valence-corrected chi connectivity index (χ0v) is 8.10. The molecule has 0 fully saturated rings. The van der Waals surface area contributed by atoms with Crippen molar-refractivity contribution in [3.05, 3.63) is 41.0 Å². The molecule has 5 heteroatoms. The van der Waals surface area contributed by atoms with E-state index >= 15 is 0 Å². The van der Waals surface area contributed by atoms with Crippen LogP contribution in [-0.4, -0.2) is 4.98 Å². The lowest BCUT2D eigenvalue weighted by Crippen LogP contribution is -2.06. The minimum atomic E-state index is -4.41. The molecule has 0 unspecified atom stereocenters. The first-order valence-corrected chi connectivity index (χ1v) is 4.49. The second-order valence-electron chi connectivity index (χ2n) is 3.01. The Morgan fingerprint density at radius 2 is 1.80 bits per heavy atom. The lowest BCUT2D eigenvalue weighted by atomic mass is 10.1. The predicted octanol–water partition coefficient (Wildman–Crippen LogP) is 3.91. The maximum atomic E-state index is 12.6. The molecule has 0 radical (unpaired) electrons. The summed E-state index contributed by atoms with van der Waals surface area (Å²) in [5.74, 6) is 0. The van der Waals surface area contributed by atoms with E-state index in [0.29, 0.717) is 5.39 Å². The zero-order chi connectivity index (χ0) is 11.1. The number of fused-ring (bicyclic) bond motifs is 1. The van der Waals surface area contributed by atoms with Gasteiger partial charge in [-0.25, -0.2) is 4.98 Å². The molecule has 1 aromatic heterocycles. The number of alkyl halides is 3. The molecular weight excluding hydrogens is 227 g/mol. The fourth-order valence-electron chi connectivity index (χ4n) is 1.35. The highest BCUT2D eigenvalue weighted by atomic mass is 35.5. The highest BCUT2D eigenvalue weighted by molar-refractivity contribution is 6.29. The van der Waals surface area contributed by atoms with Gasteiger partial charge in [0.25, 0.3) is 0 Å². The topological polar surface area (TPSA) is 12.9 Å². The van der Waals surface area contributed by atoms with Gasteiger partial charge >= 0.3 is 6.18 Å². The maximum Gasteiger partial charge on any atom is 0.418 e. The van der Waals surface area contributed by atoms with E-state index in [9.17, 15) is 13.2 Å². The standard InChI is InChI=1S/C10H5ClF3N/c11-8-5-4-6-2-1-3-7(9(6)15-8)10(12,13)14/h1-5H. The van der Waals surface area contributed by atoms with Gasteiger partial charge in [-0.3, -0.25) is 0 Å². The molecule has 0 aliphatic rings. The third-order valence-corrected chi connectivity index (χ3v) is 2.20. The number of para-hydroxylation sites is 1. The normalized spacial score (nSPS) is 12.0. The van der Waals surface area contributed by atoms with Crippen LogP contribution in [0.15, 0.2) is 30.3 Å². The molecule has 0 spiro atoms. The fourth-order valence-corrected chi connectivity index (χ4v) is 1.50. The molecule has 1 aromatic carbocycles. The van der Waals surface area contributed by atoms with Crippen molar-refractivity contribution < 1.29 is 13.2 Å². The Hall–Kier alpha value is -1.29. The van der Waals surface area contributed by atoms with Gasteiger partial charge in [-0.15, -0.1) is 0 Å². The van der Waals surface area contributed by atoms with Crippen LogP contribution in [0.5, 0.6) is 0 Å². The fraction of sp³-hybridized carbons (Fsp3) is 0.100. The Morgan fingerprint density at radius 1 is 1.07 bits per heavy atom. The number of halogens is 4. The van der Waals surface area contributed by atoms with Crippen molar-refractivity contribution in [2.24, 2.45) is 0 Å². The molecule has 0 aliphatic carbocycles. The van der Waals surface area contributed by atoms with Crippen molar-refractivity contribution in [1.82, 2.24) is 4.98 Å². The Balaban J connectivity index is 2.80. The molecule has 0 atom stereocenters. The van der Waals surface area contributed by atoms with Crippen LogP contribution in [0.25, 0.3) is 10.9 Å². The molecule has 0 bridgehead atoms. The van der Waals surface area contributed by atoms with Crippen molar-refractivity contribution in [2.75, 3.05) is 0 Å². The molecule has 0 saturated carbocycles. The summed E-state index contributed by atoms with van der Waals surface area (Å²) in [6, 6.07) is 6.88. The Bertz CT molecular complexity index is 507. The van der Waals surface area contributed by atoms with Gasteiger partial charge in [0.15, 0.2) is 0 Å². The molecule has 0 saturated heterocycles.